The second-order valence-electron chi connectivity index (χ2n) is 2.93. The smallest absolute Gasteiger partial charge is 0.0149 e. The second kappa shape index (κ2) is 2.63. The van der Waals surface area contributed by atoms with Crippen LogP contribution in [-0.4, -0.2) is 0 Å². The highest BCUT2D eigenvalue weighted by Gasteiger charge is 1.97. The highest BCUT2D eigenvalue weighted by atomic mass is 14.0. The molecule has 0 saturated carbocycles. The van der Waals surface area contributed by atoms with Gasteiger partial charge in [-0.2, -0.15) is 0 Å². The van der Waals surface area contributed by atoms with E-state index < -0.39 is 0 Å². The molecule has 0 aliphatic heterocycles. The molecule has 0 saturated heterocycles. The van der Waals surface area contributed by atoms with Crippen molar-refractivity contribution in [2.45, 2.75) is 0 Å². The molecule has 0 aromatic heterocycles. The monoisotopic (exact) mass is 154 g/mol. The van der Waals surface area contributed by atoms with Gasteiger partial charge in [0.15, 0.2) is 0 Å². The number of hydrogen-bond acceptors (Lipinski definition) is 0. The summed E-state index contributed by atoms with van der Waals surface area (Å²) in [6, 6.07) is 12.2. The highest BCUT2D eigenvalue weighted by molar-refractivity contribution is 5.89. The molecule has 0 amide bonds. The minimum Gasteiger partial charge on any atom is -0.0616 e. The molecule has 0 fully saturated rings. The lowest BCUT2D eigenvalue weighted by atomic mass is 10.0. The molecule has 2 aromatic carbocycles. The summed E-state index contributed by atoms with van der Waals surface area (Å²) < 4.78 is 0. The van der Waals surface area contributed by atoms with Gasteiger partial charge in [0.05, 0.1) is 0 Å². The van der Waals surface area contributed by atoms with Gasteiger partial charge in [-0.05, 0) is 35.7 Å². The van der Waals surface area contributed by atoms with Gasteiger partial charge in [-0.25, -0.2) is 0 Å². The van der Waals surface area contributed by atoms with Gasteiger partial charge in [0.1, 0.15) is 0 Å². The zero-order valence-corrected chi connectivity index (χ0v) is 6.88. The van der Waals surface area contributed by atoms with E-state index in [0.29, 0.717) is 0 Å². The maximum absolute atomic E-state index is 3.96. The number of benzene rings is 2. The van der Waals surface area contributed by atoms with Gasteiger partial charge in [-0.3, -0.25) is 0 Å². The van der Waals surface area contributed by atoms with Gasteiger partial charge >= 0.3 is 0 Å². The van der Waals surface area contributed by atoms with Crippen LogP contribution in [0.15, 0.2) is 36.4 Å². The molecule has 2 radical (unpaired) electrons. The SMILES string of the molecule is [CH2]c1ccc([CH2])c2ccccc12. The third-order valence-corrected chi connectivity index (χ3v) is 2.10. The Bertz CT molecular complexity index is 373. The first kappa shape index (κ1) is 7.35. The minimum absolute atomic E-state index is 1.07. The third kappa shape index (κ3) is 1.00. The van der Waals surface area contributed by atoms with Crippen molar-refractivity contribution in [3.05, 3.63) is 61.4 Å². The fourth-order valence-electron chi connectivity index (χ4n) is 1.42. The summed E-state index contributed by atoms with van der Waals surface area (Å²) in [5.41, 5.74) is 2.14. The molecular formula is C12H10. The number of rotatable bonds is 0. The predicted molar refractivity (Wildman–Crippen MR) is 52.9 cm³/mol. The van der Waals surface area contributed by atoms with Crippen molar-refractivity contribution >= 4 is 10.8 Å². The maximum atomic E-state index is 3.96. The van der Waals surface area contributed by atoms with Crippen molar-refractivity contribution in [1.29, 1.82) is 0 Å². The molecule has 58 valence electrons. The quantitative estimate of drug-likeness (QED) is 0.546. The summed E-state index contributed by atoms with van der Waals surface area (Å²) in [6.07, 6.45) is 0. The van der Waals surface area contributed by atoms with E-state index in [4.69, 9.17) is 0 Å². The summed E-state index contributed by atoms with van der Waals surface area (Å²) in [4.78, 5) is 0. The fourth-order valence-corrected chi connectivity index (χ4v) is 1.42. The first-order chi connectivity index (χ1) is 5.79. The van der Waals surface area contributed by atoms with Gasteiger partial charge in [0.25, 0.3) is 0 Å². The maximum Gasteiger partial charge on any atom is -0.0149 e. The molecule has 0 unspecified atom stereocenters. The molecule has 0 heteroatoms. The van der Waals surface area contributed by atoms with E-state index in [2.05, 4.69) is 26.0 Å². The Labute approximate surface area is 72.8 Å². The molecule has 0 heterocycles. The van der Waals surface area contributed by atoms with Crippen LogP contribution in [0.4, 0.5) is 0 Å². The molecular weight excluding hydrogens is 144 g/mol. The van der Waals surface area contributed by atoms with E-state index in [1.165, 1.54) is 10.8 Å². The highest BCUT2D eigenvalue weighted by Crippen LogP contribution is 2.20. The molecule has 12 heavy (non-hydrogen) atoms. The molecule has 0 nitrogen and oxygen atoms in total. The molecule has 0 bridgehead atoms. The van der Waals surface area contributed by atoms with Crippen LogP contribution in [0, 0.1) is 13.8 Å². The van der Waals surface area contributed by atoms with Crippen LogP contribution in [-0.2, 0) is 0 Å². The van der Waals surface area contributed by atoms with Crippen LogP contribution in [0.25, 0.3) is 10.8 Å². The zero-order valence-electron chi connectivity index (χ0n) is 6.88. The van der Waals surface area contributed by atoms with Crippen LogP contribution < -0.4 is 0 Å². The molecule has 0 atom stereocenters. The Kier molecular flexibility index (Phi) is 1.61. The topological polar surface area (TPSA) is 0 Å². The minimum atomic E-state index is 1.07. The van der Waals surface area contributed by atoms with Gasteiger partial charge in [0, 0.05) is 0 Å². The average molecular weight is 154 g/mol. The van der Waals surface area contributed by atoms with Crippen LogP contribution in [0.3, 0.4) is 0 Å². The van der Waals surface area contributed by atoms with Crippen molar-refractivity contribution in [2.75, 3.05) is 0 Å². The molecule has 2 aromatic rings. The van der Waals surface area contributed by atoms with Crippen molar-refractivity contribution < 1.29 is 0 Å². The van der Waals surface area contributed by atoms with Gasteiger partial charge in [-0.15, -0.1) is 0 Å². The van der Waals surface area contributed by atoms with E-state index in [1.54, 1.807) is 0 Å². The Morgan fingerprint density at radius 3 is 1.50 bits per heavy atom. The molecule has 0 N–H and O–H groups in total. The van der Waals surface area contributed by atoms with E-state index in [0.717, 1.165) is 11.1 Å². The summed E-state index contributed by atoms with van der Waals surface area (Å²) in [7, 11) is 0. The molecule has 0 aliphatic carbocycles. The predicted octanol–water partition coefficient (Wildman–Crippen LogP) is 3.20. The summed E-state index contributed by atoms with van der Waals surface area (Å²) in [5.74, 6) is 0. The Balaban J connectivity index is 2.95. The van der Waals surface area contributed by atoms with Crippen molar-refractivity contribution in [3.63, 3.8) is 0 Å². The summed E-state index contributed by atoms with van der Waals surface area (Å²) in [5, 5.41) is 2.40. The summed E-state index contributed by atoms with van der Waals surface area (Å²) in [6.45, 7) is 7.92. The van der Waals surface area contributed by atoms with Crippen LogP contribution in [0.2, 0.25) is 0 Å². The largest absolute Gasteiger partial charge is 0.0616 e. The van der Waals surface area contributed by atoms with Crippen molar-refractivity contribution in [3.8, 4) is 0 Å². The standard InChI is InChI=1S/C12H10/c1-9-7-8-10(2)12-6-4-3-5-11(9)12/h3-8H,1-2H2. The lowest BCUT2D eigenvalue weighted by molar-refractivity contribution is 1.62. The van der Waals surface area contributed by atoms with Crippen LogP contribution >= 0.6 is 0 Å². The number of hydrogen-bond donors (Lipinski definition) is 0. The van der Waals surface area contributed by atoms with Crippen LogP contribution in [0.5, 0.6) is 0 Å². The fraction of sp³-hybridized carbons (Fsp3) is 0. The molecule has 0 spiro atoms. The lowest BCUT2D eigenvalue weighted by Gasteiger charge is -2.03. The summed E-state index contributed by atoms with van der Waals surface area (Å²) >= 11 is 0. The van der Waals surface area contributed by atoms with E-state index in [1.807, 2.05) is 24.3 Å². The van der Waals surface area contributed by atoms with Crippen molar-refractivity contribution in [1.82, 2.24) is 0 Å². The van der Waals surface area contributed by atoms with Crippen LogP contribution in [0.1, 0.15) is 11.1 Å². The first-order valence-electron chi connectivity index (χ1n) is 3.95. The van der Waals surface area contributed by atoms with E-state index in [9.17, 15) is 0 Å². The molecule has 2 rings (SSSR count). The third-order valence-electron chi connectivity index (χ3n) is 2.10. The van der Waals surface area contributed by atoms with E-state index in [-0.39, 0.29) is 0 Å². The lowest BCUT2D eigenvalue weighted by Crippen LogP contribution is -1.80. The average Bonchev–Trinajstić information content (AvgIpc) is 2.12. The van der Waals surface area contributed by atoms with Gasteiger partial charge in [-0.1, -0.05) is 36.4 Å². The van der Waals surface area contributed by atoms with Crippen molar-refractivity contribution in [2.24, 2.45) is 0 Å². The van der Waals surface area contributed by atoms with Gasteiger partial charge in [0.2, 0.25) is 0 Å². The molecule has 0 aliphatic rings. The van der Waals surface area contributed by atoms with Gasteiger partial charge < -0.3 is 0 Å². The zero-order chi connectivity index (χ0) is 8.55. The Hall–Kier alpha value is -1.30. The second-order valence-corrected chi connectivity index (χ2v) is 2.93. The normalized spacial score (nSPS) is 10.5. The van der Waals surface area contributed by atoms with E-state index >= 15 is 0 Å². The first-order valence-corrected chi connectivity index (χ1v) is 3.95. The Morgan fingerprint density at radius 2 is 1.08 bits per heavy atom. The number of fused-ring (bicyclic) bond motifs is 1. The Morgan fingerprint density at radius 1 is 0.667 bits per heavy atom.